The maximum atomic E-state index is 14.0. The molecule has 5 heterocycles. The van der Waals surface area contributed by atoms with E-state index in [2.05, 4.69) is 22.1 Å². The van der Waals surface area contributed by atoms with Gasteiger partial charge in [-0.05, 0) is 76.0 Å². The highest BCUT2D eigenvalue weighted by atomic mass is 19.1. The molecule has 4 nitrogen and oxygen atoms in total. The largest absolute Gasteiger partial charge is 0.458 e. The van der Waals surface area contributed by atoms with Gasteiger partial charge in [0.1, 0.15) is 34.6 Å². The van der Waals surface area contributed by atoms with Gasteiger partial charge in [0, 0.05) is 29.0 Å². The molecule has 5 aromatic rings. The van der Waals surface area contributed by atoms with Crippen LogP contribution in [0.2, 0.25) is 0 Å². The molecule has 0 amide bonds. The van der Waals surface area contributed by atoms with Crippen LogP contribution in [0.1, 0.15) is 11.1 Å². The van der Waals surface area contributed by atoms with Crippen molar-refractivity contribution in [3.8, 4) is 45.3 Å². The molecule has 2 aromatic heterocycles. The highest BCUT2D eigenvalue weighted by Crippen LogP contribution is 2.41. The predicted octanol–water partition coefficient (Wildman–Crippen LogP) is 4.72. The summed E-state index contributed by atoms with van der Waals surface area (Å²) in [4.78, 5) is 8.04. The van der Waals surface area contributed by atoms with E-state index in [9.17, 15) is 8.78 Å². The molecule has 0 bridgehead atoms. The third-order valence-corrected chi connectivity index (χ3v) is 7.25. The van der Waals surface area contributed by atoms with Crippen LogP contribution >= 0.6 is 0 Å². The normalized spacial score (nSPS) is 13.6. The molecule has 0 atom stereocenters. The number of ether oxygens (including phenoxy) is 2. The standard InChI is InChI=1S/C29H15BF2N2O2/c31-21-6-19(11-33-13-21)16-5-18-4-15-2-1-3-23-27(15)30-28(18)24(8-16)36-26-10-17(9-25(35-23)29(26)30)20-7-22(32)14-34-12-20/h1-3,5-14H,4H2. The van der Waals surface area contributed by atoms with Crippen molar-refractivity contribution >= 4 is 23.1 Å². The fourth-order valence-corrected chi connectivity index (χ4v) is 5.81. The molecule has 3 aliphatic heterocycles. The Morgan fingerprint density at radius 2 is 1.17 bits per heavy atom. The average Bonchev–Trinajstić information content (AvgIpc) is 2.88. The summed E-state index contributed by atoms with van der Waals surface area (Å²) in [5, 5.41) is 0. The minimum absolute atomic E-state index is 0.0400. The lowest BCUT2D eigenvalue weighted by molar-refractivity contribution is 0.463. The average molecular weight is 472 g/mol. The van der Waals surface area contributed by atoms with E-state index in [0.29, 0.717) is 22.6 Å². The number of halogens is 2. The third kappa shape index (κ3) is 2.74. The van der Waals surface area contributed by atoms with E-state index >= 15 is 0 Å². The maximum absolute atomic E-state index is 14.0. The van der Waals surface area contributed by atoms with Gasteiger partial charge < -0.3 is 9.47 Å². The van der Waals surface area contributed by atoms with E-state index in [1.807, 2.05) is 30.3 Å². The summed E-state index contributed by atoms with van der Waals surface area (Å²) < 4.78 is 40.9. The topological polar surface area (TPSA) is 44.2 Å². The van der Waals surface area contributed by atoms with Gasteiger partial charge >= 0.3 is 0 Å². The van der Waals surface area contributed by atoms with E-state index in [4.69, 9.17) is 9.47 Å². The van der Waals surface area contributed by atoms with E-state index in [1.165, 1.54) is 30.1 Å². The lowest BCUT2D eigenvalue weighted by Crippen LogP contribution is -2.61. The van der Waals surface area contributed by atoms with E-state index < -0.39 is 5.82 Å². The van der Waals surface area contributed by atoms with E-state index in [-0.39, 0.29) is 12.5 Å². The van der Waals surface area contributed by atoms with Crippen LogP contribution in [0.15, 0.2) is 79.4 Å². The lowest BCUT2D eigenvalue weighted by Gasteiger charge is -2.38. The number of hydrogen-bond donors (Lipinski definition) is 0. The molecular weight excluding hydrogens is 457 g/mol. The summed E-state index contributed by atoms with van der Waals surface area (Å²) in [5.41, 5.74) is 8.49. The molecular formula is C29H15BF2N2O2. The van der Waals surface area contributed by atoms with Crippen LogP contribution in [0.25, 0.3) is 22.3 Å². The number of rotatable bonds is 2. The minimum Gasteiger partial charge on any atom is -0.458 e. The van der Waals surface area contributed by atoms with Crippen LogP contribution in [0.4, 0.5) is 8.78 Å². The van der Waals surface area contributed by atoms with E-state index in [0.717, 1.165) is 51.0 Å². The molecule has 8 rings (SSSR count). The van der Waals surface area contributed by atoms with Crippen LogP contribution in [0.3, 0.4) is 0 Å². The zero-order valence-electron chi connectivity index (χ0n) is 18.8. The monoisotopic (exact) mass is 472 g/mol. The van der Waals surface area contributed by atoms with Crippen molar-refractivity contribution in [2.75, 3.05) is 0 Å². The van der Waals surface area contributed by atoms with Crippen LogP contribution < -0.4 is 25.9 Å². The second-order valence-electron chi connectivity index (χ2n) is 9.36. The van der Waals surface area contributed by atoms with Crippen LogP contribution in [0, 0.1) is 11.6 Å². The summed E-state index contributed by atoms with van der Waals surface area (Å²) in [5.74, 6) is 2.11. The molecule has 170 valence electrons. The summed E-state index contributed by atoms with van der Waals surface area (Å²) in [6, 6.07) is 17.0. The molecule has 7 heteroatoms. The van der Waals surface area contributed by atoms with Crippen molar-refractivity contribution in [3.63, 3.8) is 0 Å². The van der Waals surface area contributed by atoms with Crippen molar-refractivity contribution < 1.29 is 18.3 Å². The number of aromatic nitrogens is 2. The molecule has 3 aromatic carbocycles. The second-order valence-corrected chi connectivity index (χ2v) is 9.36. The van der Waals surface area contributed by atoms with Crippen molar-refractivity contribution in [1.82, 2.24) is 9.97 Å². The first-order valence-electron chi connectivity index (χ1n) is 11.7. The molecule has 0 saturated heterocycles. The summed E-state index contributed by atoms with van der Waals surface area (Å²) >= 11 is 0. The number of nitrogens with zero attached hydrogens (tertiary/aromatic N) is 2. The summed E-state index contributed by atoms with van der Waals surface area (Å²) in [6.07, 6.45) is 6.38. The molecule has 0 spiro atoms. The Morgan fingerprint density at radius 3 is 1.83 bits per heavy atom. The first-order valence-corrected chi connectivity index (χ1v) is 11.7. The quantitative estimate of drug-likeness (QED) is 0.342. The van der Waals surface area contributed by atoms with Gasteiger partial charge in [0.05, 0.1) is 12.4 Å². The Kier molecular flexibility index (Phi) is 3.85. The van der Waals surface area contributed by atoms with Gasteiger partial charge in [-0.15, -0.1) is 0 Å². The molecule has 0 radical (unpaired) electrons. The molecule has 0 unspecified atom stereocenters. The van der Waals surface area contributed by atoms with Crippen molar-refractivity contribution in [2.45, 2.75) is 6.42 Å². The van der Waals surface area contributed by atoms with Gasteiger partial charge in [0.25, 0.3) is 6.71 Å². The lowest BCUT2D eigenvalue weighted by atomic mass is 9.31. The molecule has 0 aliphatic carbocycles. The highest BCUT2D eigenvalue weighted by molar-refractivity contribution is 6.99. The zero-order valence-corrected chi connectivity index (χ0v) is 18.8. The van der Waals surface area contributed by atoms with Gasteiger partial charge in [0.2, 0.25) is 0 Å². The van der Waals surface area contributed by atoms with Gasteiger partial charge in [-0.25, -0.2) is 8.78 Å². The van der Waals surface area contributed by atoms with Crippen LogP contribution in [-0.4, -0.2) is 16.7 Å². The number of benzene rings is 3. The SMILES string of the molecule is Fc1cncc(-c2cc3c4c(c2)Oc2cc(-c5cncc(F)c5)cc5c2B4c2c(cccc2O5)C3)c1. The number of hydrogen-bond acceptors (Lipinski definition) is 4. The van der Waals surface area contributed by atoms with Gasteiger partial charge in [-0.3, -0.25) is 9.97 Å². The van der Waals surface area contributed by atoms with Crippen LogP contribution in [-0.2, 0) is 6.42 Å². The van der Waals surface area contributed by atoms with Crippen molar-refractivity contribution in [3.05, 3.63) is 102 Å². The second kappa shape index (κ2) is 7.01. The van der Waals surface area contributed by atoms with Crippen LogP contribution in [0.5, 0.6) is 23.0 Å². The Morgan fingerprint density at radius 1 is 0.583 bits per heavy atom. The molecule has 0 saturated carbocycles. The summed E-state index contributed by atoms with van der Waals surface area (Å²) in [6.45, 7) is -0.0400. The zero-order chi connectivity index (χ0) is 24.0. The molecule has 36 heavy (non-hydrogen) atoms. The highest BCUT2D eigenvalue weighted by Gasteiger charge is 2.45. The molecule has 3 aliphatic rings. The smallest absolute Gasteiger partial charge is 0.261 e. The minimum atomic E-state index is -0.411. The maximum Gasteiger partial charge on any atom is 0.261 e. The third-order valence-electron chi connectivity index (χ3n) is 7.25. The number of pyridine rings is 2. The Balaban J connectivity index is 1.39. The molecule has 0 N–H and O–H groups in total. The van der Waals surface area contributed by atoms with Crippen molar-refractivity contribution in [2.24, 2.45) is 0 Å². The van der Waals surface area contributed by atoms with Gasteiger partial charge in [-0.1, -0.05) is 18.2 Å². The van der Waals surface area contributed by atoms with Gasteiger partial charge in [0.15, 0.2) is 0 Å². The van der Waals surface area contributed by atoms with Gasteiger partial charge in [-0.2, -0.15) is 0 Å². The first-order chi connectivity index (χ1) is 17.6. The Hall–Kier alpha value is -4.52. The van der Waals surface area contributed by atoms with E-state index in [1.54, 1.807) is 12.4 Å². The summed E-state index contributed by atoms with van der Waals surface area (Å²) in [7, 11) is 0. The fraction of sp³-hybridized carbons (Fsp3) is 0.0345. The Labute approximate surface area is 205 Å². The van der Waals surface area contributed by atoms with Crippen molar-refractivity contribution in [1.29, 1.82) is 0 Å². The Bertz CT molecular complexity index is 1650. The first kappa shape index (κ1) is 19.8. The fourth-order valence-electron chi connectivity index (χ4n) is 5.81. The molecule has 0 fully saturated rings. The predicted molar refractivity (Wildman–Crippen MR) is 133 cm³/mol.